The first-order valence-corrected chi connectivity index (χ1v) is 4.95. The molecule has 0 unspecified atom stereocenters. The third-order valence-corrected chi connectivity index (χ3v) is 2.07. The standard InChI is InChI=1S/C11H14N2O3/c12-4-1-5-13-11(16)9-6-8(7-14)2-3-10(9)15/h2-3,6-7,15H,1,4-5,12H2,(H,13,16). The van der Waals surface area contributed by atoms with Crippen LogP contribution >= 0.6 is 0 Å². The number of amides is 1. The normalized spacial score (nSPS) is 9.81. The monoisotopic (exact) mass is 222 g/mol. The maximum absolute atomic E-state index is 11.6. The topological polar surface area (TPSA) is 92.4 Å². The SMILES string of the molecule is NCCCNC(=O)c1cc(C=O)ccc1O. The van der Waals surface area contributed by atoms with Gasteiger partial charge in [0.25, 0.3) is 5.91 Å². The van der Waals surface area contributed by atoms with Crippen LogP contribution < -0.4 is 11.1 Å². The molecule has 0 bridgehead atoms. The molecule has 1 aromatic carbocycles. The average molecular weight is 222 g/mol. The summed E-state index contributed by atoms with van der Waals surface area (Å²) in [7, 11) is 0. The van der Waals surface area contributed by atoms with Gasteiger partial charge in [0.2, 0.25) is 0 Å². The summed E-state index contributed by atoms with van der Waals surface area (Å²) < 4.78 is 0. The summed E-state index contributed by atoms with van der Waals surface area (Å²) in [5.41, 5.74) is 5.73. The van der Waals surface area contributed by atoms with Crippen LogP contribution in [0.15, 0.2) is 18.2 Å². The van der Waals surface area contributed by atoms with E-state index in [9.17, 15) is 14.7 Å². The number of hydrogen-bond donors (Lipinski definition) is 3. The van der Waals surface area contributed by atoms with Crippen LogP contribution in [0.5, 0.6) is 5.75 Å². The molecule has 0 aliphatic carbocycles. The summed E-state index contributed by atoms with van der Waals surface area (Å²) in [6.45, 7) is 0.931. The van der Waals surface area contributed by atoms with Gasteiger partial charge in [0.15, 0.2) is 0 Å². The smallest absolute Gasteiger partial charge is 0.255 e. The van der Waals surface area contributed by atoms with Crippen molar-refractivity contribution in [2.45, 2.75) is 6.42 Å². The predicted molar refractivity (Wildman–Crippen MR) is 59.5 cm³/mol. The minimum absolute atomic E-state index is 0.0987. The molecular weight excluding hydrogens is 208 g/mol. The highest BCUT2D eigenvalue weighted by Crippen LogP contribution is 2.17. The molecule has 0 atom stereocenters. The lowest BCUT2D eigenvalue weighted by atomic mass is 10.1. The molecule has 86 valence electrons. The van der Waals surface area contributed by atoms with Gasteiger partial charge in [-0.05, 0) is 31.2 Å². The molecule has 0 spiro atoms. The van der Waals surface area contributed by atoms with E-state index in [1.807, 2.05) is 0 Å². The van der Waals surface area contributed by atoms with Crippen molar-refractivity contribution in [3.8, 4) is 5.75 Å². The van der Waals surface area contributed by atoms with E-state index in [1.54, 1.807) is 0 Å². The highest BCUT2D eigenvalue weighted by atomic mass is 16.3. The van der Waals surface area contributed by atoms with Crippen LogP contribution in [-0.4, -0.2) is 30.4 Å². The first-order valence-electron chi connectivity index (χ1n) is 4.95. The number of rotatable bonds is 5. The van der Waals surface area contributed by atoms with Crippen molar-refractivity contribution in [3.63, 3.8) is 0 Å². The largest absolute Gasteiger partial charge is 0.507 e. The van der Waals surface area contributed by atoms with E-state index < -0.39 is 5.91 Å². The fraction of sp³-hybridized carbons (Fsp3) is 0.273. The Balaban J connectivity index is 2.77. The molecule has 1 aromatic rings. The lowest BCUT2D eigenvalue weighted by molar-refractivity contribution is 0.0951. The molecule has 1 amide bonds. The van der Waals surface area contributed by atoms with Gasteiger partial charge in [-0.15, -0.1) is 0 Å². The zero-order valence-electron chi connectivity index (χ0n) is 8.77. The maximum Gasteiger partial charge on any atom is 0.255 e. The second-order valence-electron chi connectivity index (χ2n) is 3.29. The van der Waals surface area contributed by atoms with Crippen molar-refractivity contribution in [1.82, 2.24) is 5.32 Å². The zero-order valence-corrected chi connectivity index (χ0v) is 8.77. The van der Waals surface area contributed by atoms with Crippen molar-refractivity contribution < 1.29 is 14.7 Å². The third kappa shape index (κ3) is 3.06. The summed E-state index contributed by atoms with van der Waals surface area (Å²) in [6.07, 6.45) is 1.29. The van der Waals surface area contributed by atoms with Gasteiger partial charge < -0.3 is 16.2 Å². The zero-order chi connectivity index (χ0) is 12.0. The van der Waals surface area contributed by atoms with Crippen LogP contribution in [0.1, 0.15) is 27.1 Å². The van der Waals surface area contributed by atoms with E-state index in [0.717, 1.165) is 0 Å². The second-order valence-corrected chi connectivity index (χ2v) is 3.29. The van der Waals surface area contributed by atoms with Gasteiger partial charge in [-0.1, -0.05) is 0 Å². The molecule has 0 saturated carbocycles. The van der Waals surface area contributed by atoms with E-state index in [1.165, 1.54) is 18.2 Å². The van der Waals surface area contributed by atoms with Gasteiger partial charge in [0, 0.05) is 12.1 Å². The number of phenolic OH excluding ortho intramolecular Hbond substituents is 1. The van der Waals surface area contributed by atoms with Gasteiger partial charge in [0.05, 0.1) is 5.56 Å². The van der Waals surface area contributed by atoms with Crippen LogP contribution in [-0.2, 0) is 0 Å². The predicted octanol–water partition coefficient (Wildman–Crippen LogP) is 0.283. The molecule has 0 aromatic heterocycles. The molecule has 1 rings (SSSR count). The van der Waals surface area contributed by atoms with Crippen LogP contribution in [0, 0.1) is 0 Å². The molecule has 0 aliphatic heterocycles. The summed E-state index contributed by atoms with van der Waals surface area (Å²) in [4.78, 5) is 22.1. The summed E-state index contributed by atoms with van der Waals surface area (Å²) in [6, 6.07) is 4.11. The van der Waals surface area contributed by atoms with E-state index in [0.29, 0.717) is 31.4 Å². The van der Waals surface area contributed by atoms with Gasteiger partial charge in [-0.2, -0.15) is 0 Å². The highest BCUT2D eigenvalue weighted by molar-refractivity contribution is 5.98. The summed E-state index contributed by atoms with van der Waals surface area (Å²) in [5, 5.41) is 12.1. The van der Waals surface area contributed by atoms with Gasteiger partial charge >= 0.3 is 0 Å². The lowest BCUT2D eigenvalue weighted by Crippen LogP contribution is -2.26. The van der Waals surface area contributed by atoms with Crippen molar-refractivity contribution in [2.24, 2.45) is 5.73 Å². The Hall–Kier alpha value is -1.88. The number of hydrogen-bond acceptors (Lipinski definition) is 4. The summed E-state index contributed by atoms with van der Waals surface area (Å²) in [5.74, 6) is -0.550. The lowest BCUT2D eigenvalue weighted by Gasteiger charge is -2.06. The van der Waals surface area contributed by atoms with Gasteiger partial charge in [0.1, 0.15) is 12.0 Å². The Morgan fingerprint density at radius 3 is 2.88 bits per heavy atom. The first kappa shape index (κ1) is 12.2. The number of nitrogens with two attached hydrogens (primary N) is 1. The van der Waals surface area contributed by atoms with Crippen LogP contribution in [0.25, 0.3) is 0 Å². The van der Waals surface area contributed by atoms with E-state index in [4.69, 9.17) is 5.73 Å². The van der Waals surface area contributed by atoms with E-state index >= 15 is 0 Å². The average Bonchev–Trinajstić information content (AvgIpc) is 2.30. The van der Waals surface area contributed by atoms with Crippen molar-refractivity contribution >= 4 is 12.2 Å². The summed E-state index contributed by atoms with van der Waals surface area (Å²) >= 11 is 0. The number of benzene rings is 1. The maximum atomic E-state index is 11.6. The first-order chi connectivity index (χ1) is 7.69. The molecule has 16 heavy (non-hydrogen) atoms. The number of phenols is 1. The molecule has 0 fully saturated rings. The Kier molecular flexibility index (Phi) is 4.47. The quantitative estimate of drug-likeness (QED) is 0.493. The fourth-order valence-corrected chi connectivity index (χ4v) is 1.21. The van der Waals surface area contributed by atoms with Crippen molar-refractivity contribution in [2.75, 3.05) is 13.1 Å². The van der Waals surface area contributed by atoms with Crippen molar-refractivity contribution in [3.05, 3.63) is 29.3 Å². The fourth-order valence-electron chi connectivity index (χ4n) is 1.21. The van der Waals surface area contributed by atoms with Crippen molar-refractivity contribution in [1.29, 1.82) is 0 Å². The van der Waals surface area contributed by atoms with Gasteiger partial charge in [-0.25, -0.2) is 0 Å². The number of carbonyl (C=O) groups is 2. The number of nitrogens with one attached hydrogen (secondary N) is 1. The molecule has 5 heteroatoms. The van der Waals surface area contributed by atoms with Crippen LogP contribution in [0.3, 0.4) is 0 Å². The number of aromatic hydroxyl groups is 1. The molecule has 5 nitrogen and oxygen atoms in total. The number of aldehydes is 1. The number of carbonyl (C=O) groups excluding carboxylic acids is 2. The molecule has 0 aliphatic rings. The minimum Gasteiger partial charge on any atom is -0.507 e. The van der Waals surface area contributed by atoms with E-state index in [-0.39, 0.29) is 11.3 Å². The van der Waals surface area contributed by atoms with Crippen LogP contribution in [0.4, 0.5) is 0 Å². The molecule has 0 saturated heterocycles. The molecule has 4 N–H and O–H groups in total. The van der Waals surface area contributed by atoms with Gasteiger partial charge in [-0.3, -0.25) is 9.59 Å². The van der Waals surface area contributed by atoms with Crippen LogP contribution in [0.2, 0.25) is 0 Å². The third-order valence-electron chi connectivity index (χ3n) is 2.07. The molecule has 0 heterocycles. The Morgan fingerprint density at radius 1 is 1.50 bits per heavy atom. The molecule has 0 radical (unpaired) electrons. The highest BCUT2D eigenvalue weighted by Gasteiger charge is 2.10. The van der Waals surface area contributed by atoms with E-state index in [2.05, 4.69) is 5.32 Å². The molecular formula is C11H14N2O3. The Morgan fingerprint density at radius 2 is 2.25 bits per heavy atom. The Bertz CT molecular complexity index is 391. The Labute approximate surface area is 93.3 Å². The minimum atomic E-state index is -0.408. The second kappa shape index (κ2) is 5.87.